The third-order valence-corrected chi connectivity index (χ3v) is 3.71. The fourth-order valence-corrected chi connectivity index (χ4v) is 2.35. The fourth-order valence-electron chi connectivity index (χ4n) is 2.13. The van der Waals surface area contributed by atoms with E-state index in [1.54, 1.807) is 0 Å². The van der Waals surface area contributed by atoms with Crippen LogP contribution in [0.2, 0.25) is 5.02 Å². The monoisotopic (exact) mass is 425 g/mol. The molecule has 0 aliphatic carbocycles. The summed E-state index contributed by atoms with van der Waals surface area (Å²) in [5.74, 6) is -0.749. The minimum absolute atomic E-state index is 0. The van der Waals surface area contributed by atoms with Crippen LogP contribution in [0.5, 0.6) is 0 Å². The van der Waals surface area contributed by atoms with Crippen molar-refractivity contribution in [3.63, 3.8) is 0 Å². The Morgan fingerprint density at radius 1 is 1.30 bits per heavy atom. The Balaban J connectivity index is 0.00000364. The van der Waals surface area contributed by atoms with E-state index in [1.807, 2.05) is 0 Å². The van der Waals surface area contributed by atoms with E-state index < -0.39 is 28.6 Å². The molecular weight excluding hydrogens is 410 g/mol. The molecule has 0 saturated carbocycles. The lowest BCUT2D eigenvalue weighted by molar-refractivity contribution is -0.137. The second-order valence-electron chi connectivity index (χ2n) is 5.41. The molecule has 2 aromatic rings. The molecule has 1 aromatic carbocycles. The Morgan fingerprint density at radius 2 is 1.96 bits per heavy atom. The van der Waals surface area contributed by atoms with E-state index in [0.29, 0.717) is 5.76 Å². The zero-order valence-corrected chi connectivity index (χ0v) is 15.5. The van der Waals surface area contributed by atoms with Crippen molar-refractivity contribution in [2.45, 2.75) is 12.7 Å². The molecule has 0 fully saturated rings. The van der Waals surface area contributed by atoms with Crippen molar-refractivity contribution in [3.8, 4) is 0 Å². The van der Waals surface area contributed by atoms with Crippen LogP contribution in [0.4, 0.5) is 18.9 Å². The number of benzene rings is 1. The largest absolute Gasteiger partial charge is 0.467 e. The van der Waals surface area contributed by atoms with Crippen molar-refractivity contribution >= 4 is 41.5 Å². The highest BCUT2D eigenvalue weighted by Gasteiger charge is 2.33. The molecule has 0 atom stereocenters. The lowest BCUT2D eigenvalue weighted by Crippen LogP contribution is -2.34. The van der Waals surface area contributed by atoms with Crippen LogP contribution < -0.4 is 11.1 Å². The Labute approximate surface area is 163 Å². The molecule has 0 radical (unpaired) electrons. The molecule has 2 amide bonds. The van der Waals surface area contributed by atoms with Crippen LogP contribution in [0.3, 0.4) is 0 Å². The summed E-state index contributed by atoms with van der Waals surface area (Å²) in [5, 5.41) is 1.83. The molecule has 0 spiro atoms. The van der Waals surface area contributed by atoms with Crippen molar-refractivity contribution in [2.75, 3.05) is 18.9 Å². The number of anilines is 1. The normalized spacial score (nSPS) is 10.9. The average Bonchev–Trinajstić information content (AvgIpc) is 3.03. The molecule has 0 aliphatic rings. The highest BCUT2D eigenvalue weighted by Crippen LogP contribution is 2.36. The molecular formula is C16H16Cl2F3N3O3. The second-order valence-corrected chi connectivity index (χ2v) is 5.81. The number of rotatable bonds is 5. The lowest BCUT2D eigenvalue weighted by atomic mass is 10.2. The number of carbonyl (C=O) groups excluding carboxylic acids is 2. The van der Waals surface area contributed by atoms with Crippen LogP contribution in [0, 0.1) is 0 Å². The van der Waals surface area contributed by atoms with Crippen LogP contribution in [0.15, 0.2) is 34.9 Å². The van der Waals surface area contributed by atoms with Crippen molar-refractivity contribution in [3.05, 3.63) is 52.4 Å². The molecule has 6 nitrogen and oxygen atoms in total. The number of hydrogen-bond acceptors (Lipinski definition) is 4. The minimum atomic E-state index is -4.65. The molecule has 0 aliphatic heterocycles. The van der Waals surface area contributed by atoms with Gasteiger partial charge < -0.3 is 20.4 Å². The van der Waals surface area contributed by atoms with Gasteiger partial charge in [-0.2, -0.15) is 13.2 Å². The summed E-state index contributed by atoms with van der Waals surface area (Å²) in [5.41, 5.74) is 4.46. The number of nitrogens with two attached hydrogens (primary N) is 1. The number of carbonyl (C=O) groups is 2. The zero-order chi connectivity index (χ0) is 19.5. The molecule has 0 unspecified atom stereocenters. The first kappa shape index (κ1) is 22.8. The summed E-state index contributed by atoms with van der Waals surface area (Å²) in [6, 6.07) is 4.45. The number of alkyl halides is 3. The van der Waals surface area contributed by atoms with E-state index in [1.165, 1.54) is 25.4 Å². The summed E-state index contributed by atoms with van der Waals surface area (Å²) < 4.78 is 43.5. The van der Waals surface area contributed by atoms with E-state index >= 15 is 0 Å². The maximum atomic E-state index is 12.8. The maximum Gasteiger partial charge on any atom is 0.417 e. The van der Waals surface area contributed by atoms with E-state index in [-0.39, 0.29) is 36.7 Å². The predicted octanol–water partition coefficient (Wildman–Crippen LogP) is 3.54. The molecule has 1 aromatic heterocycles. The molecule has 2 rings (SSSR count). The van der Waals surface area contributed by atoms with Crippen molar-refractivity contribution in [2.24, 2.45) is 5.73 Å². The summed E-state index contributed by atoms with van der Waals surface area (Å²) in [4.78, 5) is 25.3. The predicted molar refractivity (Wildman–Crippen MR) is 95.9 cm³/mol. The number of nitrogens with zero attached hydrogens (tertiary/aromatic N) is 1. The lowest BCUT2D eigenvalue weighted by Gasteiger charge is -2.16. The number of nitrogens with one attached hydrogen (secondary N) is 1. The Hall–Kier alpha value is -2.23. The van der Waals surface area contributed by atoms with Gasteiger partial charge in [-0.15, -0.1) is 12.4 Å². The number of amides is 2. The van der Waals surface area contributed by atoms with Crippen molar-refractivity contribution in [1.29, 1.82) is 0 Å². The SMILES string of the molecule is CN(CC(=O)Nc1ccc(Cl)c(C(F)(F)F)c1)C(=O)c1coc(CN)c1.Cl. The van der Waals surface area contributed by atoms with Gasteiger partial charge in [0.05, 0.1) is 29.2 Å². The Morgan fingerprint density at radius 3 is 2.52 bits per heavy atom. The number of likely N-dealkylation sites (N-methyl/N-ethyl adjacent to an activating group) is 1. The van der Waals surface area contributed by atoms with Gasteiger partial charge in [-0.1, -0.05) is 11.6 Å². The first-order valence-corrected chi connectivity index (χ1v) is 7.69. The molecule has 148 valence electrons. The first-order chi connectivity index (χ1) is 12.1. The molecule has 0 bridgehead atoms. The standard InChI is InChI=1S/C16H15ClF3N3O3.ClH/c1-23(15(25)9-4-11(6-21)26-8-9)7-14(24)22-10-2-3-13(17)12(5-10)16(18,19)20;/h2-5,8H,6-7,21H2,1H3,(H,22,24);1H. The van der Waals surface area contributed by atoms with Crippen LogP contribution in [-0.4, -0.2) is 30.3 Å². The van der Waals surface area contributed by atoms with E-state index in [0.717, 1.165) is 17.0 Å². The van der Waals surface area contributed by atoms with Crippen molar-refractivity contribution < 1.29 is 27.2 Å². The van der Waals surface area contributed by atoms with Gasteiger partial charge in [0.1, 0.15) is 12.0 Å². The third-order valence-electron chi connectivity index (χ3n) is 3.38. The van der Waals surface area contributed by atoms with Gasteiger partial charge in [-0.25, -0.2) is 0 Å². The van der Waals surface area contributed by atoms with Crippen LogP contribution >= 0.6 is 24.0 Å². The average molecular weight is 426 g/mol. The van der Waals surface area contributed by atoms with E-state index in [4.69, 9.17) is 21.8 Å². The van der Waals surface area contributed by atoms with Gasteiger partial charge in [0.2, 0.25) is 5.91 Å². The molecule has 3 N–H and O–H groups in total. The molecule has 1 heterocycles. The Kier molecular flexibility index (Phi) is 7.70. The van der Waals surface area contributed by atoms with Crippen molar-refractivity contribution in [1.82, 2.24) is 4.90 Å². The fraction of sp³-hybridized carbons (Fsp3) is 0.250. The Bertz CT molecular complexity index is 825. The highest BCUT2D eigenvalue weighted by molar-refractivity contribution is 6.31. The van der Waals surface area contributed by atoms with Gasteiger partial charge in [0.15, 0.2) is 0 Å². The van der Waals surface area contributed by atoms with E-state index in [2.05, 4.69) is 5.32 Å². The van der Waals surface area contributed by atoms with E-state index in [9.17, 15) is 22.8 Å². The van der Waals surface area contributed by atoms with Crippen LogP contribution in [0.25, 0.3) is 0 Å². The summed E-state index contributed by atoms with van der Waals surface area (Å²) in [6.45, 7) is -0.248. The zero-order valence-electron chi connectivity index (χ0n) is 14.0. The smallest absolute Gasteiger partial charge is 0.417 e. The highest BCUT2D eigenvalue weighted by atomic mass is 35.5. The summed E-state index contributed by atoms with van der Waals surface area (Å²) >= 11 is 5.52. The van der Waals surface area contributed by atoms with Crippen LogP contribution in [-0.2, 0) is 17.5 Å². The summed E-state index contributed by atoms with van der Waals surface area (Å²) in [7, 11) is 1.38. The maximum absolute atomic E-state index is 12.8. The molecule has 27 heavy (non-hydrogen) atoms. The van der Waals surface area contributed by atoms with Gasteiger partial charge in [0, 0.05) is 12.7 Å². The number of furan rings is 1. The first-order valence-electron chi connectivity index (χ1n) is 7.31. The second kappa shape index (κ2) is 9.12. The van der Waals surface area contributed by atoms with Gasteiger partial charge in [-0.3, -0.25) is 9.59 Å². The number of hydrogen-bond donors (Lipinski definition) is 2. The minimum Gasteiger partial charge on any atom is -0.467 e. The topological polar surface area (TPSA) is 88.6 Å². The van der Waals surface area contributed by atoms with Gasteiger partial charge in [-0.05, 0) is 24.3 Å². The quantitative estimate of drug-likeness (QED) is 0.766. The number of halogens is 5. The van der Waals surface area contributed by atoms with Gasteiger partial charge in [0.25, 0.3) is 5.91 Å². The molecule has 11 heteroatoms. The van der Waals surface area contributed by atoms with Crippen LogP contribution in [0.1, 0.15) is 21.7 Å². The molecule has 0 saturated heterocycles. The van der Waals surface area contributed by atoms with Gasteiger partial charge >= 0.3 is 6.18 Å². The third kappa shape index (κ3) is 5.88. The summed E-state index contributed by atoms with van der Waals surface area (Å²) in [6.07, 6.45) is -3.43.